The van der Waals surface area contributed by atoms with Crippen molar-refractivity contribution in [1.82, 2.24) is 10.2 Å². The van der Waals surface area contributed by atoms with Gasteiger partial charge >= 0.3 is 0 Å². The van der Waals surface area contributed by atoms with Crippen molar-refractivity contribution in [2.75, 3.05) is 19.6 Å². The molecule has 1 aromatic heterocycles. The normalized spacial score (nSPS) is 16.4. The second-order valence-corrected chi connectivity index (χ2v) is 5.41. The number of nitrogens with one attached hydrogen (secondary N) is 1. The average molecular weight is 282 g/mol. The maximum atomic E-state index is 11.9. The largest absolute Gasteiger partial charge is 0.393 e. The Morgan fingerprint density at radius 3 is 2.79 bits per heavy atom. The molecule has 2 heterocycles. The second-order valence-electron chi connectivity index (χ2n) is 4.63. The number of aliphatic hydroxyl groups is 1. The summed E-state index contributed by atoms with van der Waals surface area (Å²) < 4.78 is 0. The third-order valence-electron chi connectivity index (χ3n) is 3.22. The number of aliphatic hydroxyl groups excluding tert-OH is 1. The van der Waals surface area contributed by atoms with Gasteiger partial charge in [-0.15, -0.1) is 0 Å². The maximum Gasteiger partial charge on any atom is 0.252 e. The fourth-order valence-electron chi connectivity index (χ4n) is 2.05. The Bertz CT molecular complexity index is 425. The molecule has 1 aliphatic heterocycles. The molecule has 19 heavy (non-hydrogen) atoms. The predicted molar refractivity (Wildman–Crippen MR) is 73.1 cm³/mol. The highest BCUT2D eigenvalue weighted by molar-refractivity contribution is 7.08. The summed E-state index contributed by atoms with van der Waals surface area (Å²) in [5.41, 5.74) is 0.638. The molecule has 0 atom stereocenters. The molecule has 0 aromatic carbocycles. The van der Waals surface area contributed by atoms with Gasteiger partial charge in [0.15, 0.2) is 0 Å². The lowest BCUT2D eigenvalue weighted by atomic mass is 10.1. The zero-order chi connectivity index (χ0) is 13.7. The Hall–Kier alpha value is -1.40. The van der Waals surface area contributed by atoms with E-state index in [1.807, 2.05) is 5.38 Å². The van der Waals surface area contributed by atoms with Crippen LogP contribution in [0.15, 0.2) is 16.8 Å². The number of amides is 2. The highest BCUT2D eigenvalue weighted by Crippen LogP contribution is 2.11. The molecule has 0 aliphatic carbocycles. The van der Waals surface area contributed by atoms with E-state index in [0.717, 1.165) is 0 Å². The second kappa shape index (κ2) is 6.68. The van der Waals surface area contributed by atoms with E-state index in [2.05, 4.69) is 5.32 Å². The van der Waals surface area contributed by atoms with Gasteiger partial charge in [0.25, 0.3) is 5.91 Å². The van der Waals surface area contributed by atoms with Crippen LogP contribution in [-0.4, -0.2) is 47.6 Å². The molecule has 1 aromatic rings. The van der Waals surface area contributed by atoms with E-state index in [0.29, 0.717) is 44.5 Å². The zero-order valence-electron chi connectivity index (χ0n) is 10.7. The Balaban J connectivity index is 1.68. The highest BCUT2D eigenvalue weighted by Gasteiger charge is 2.20. The van der Waals surface area contributed by atoms with E-state index < -0.39 is 0 Å². The van der Waals surface area contributed by atoms with Gasteiger partial charge in [0.05, 0.1) is 6.10 Å². The molecule has 0 saturated carbocycles. The summed E-state index contributed by atoms with van der Waals surface area (Å²) >= 11 is 1.47. The lowest BCUT2D eigenvalue weighted by molar-refractivity contribution is -0.133. The summed E-state index contributed by atoms with van der Waals surface area (Å²) in [6.45, 7) is 1.57. The van der Waals surface area contributed by atoms with Gasteiger partial charge in [-0.2, -0.15) is 11.3 Å². The van der Waals surface area contributed by atoms with Gasteiger partial charge in [-0.1, -0.05) is 0 Å². The number of likely N-dealkylation sites (tertiary alicyclic amines) is 1. The SMILES string of the molecule is O=C(NCCC(=O)N1CCC(O)CC1)c1ccsc1. The molecule has 5 nitrogen and oxygen atoms in total. The molecule has 104 valence electrons. The molecular formula is C13H18N2O3S. The molecule has 2 N–H and O–H groups in total. The van der Waals surface area contributed by atoms with E-state index in [9.17, 15) is 14.7 Å². The molecule has 1 aliphatic rings. The van der Waals surface area contributed by atoms with Crippen LogP contribution in [-0.2, 0) is 4.79 Å². The molecular weight excluding hydrogens is 264 g/mol. The van der Waals surface area contributed by atoms with Crippen LogP contribution < -0.4 is 5.32 Å². The van der Waals surface area contributed by atoms with Crippen LogP contribution >= 0.6 is 11.3 Å². The smallest absolute Gasteiger partial charge is 0.252 e. The number of hydrogen-bond donors (Lipinski definition) is 2. The van der Waals surface area contributed by atoms with E-state index >= 15 is 0 Å². The van der Waals surface area contributed by atoms with Crippen LogP contribution in [0.5, 0.6) is 0 Å². The molecule has 2 amide bonds. The molecule has 1 saturated heterocycles. The fraction of sp³-hybridized carbons (Fsp3) is 0.538. The number of hydrogen-bond acceptors (Lipinski definition) is 4. The third-order valence-corrected chi connectivity index (χ3v) is 3.91. The van der Waals surface area contributed by atoms with Crippen LogP contribution in [0.3, 0.4) is 0 Å². The average Bonchev–Trinajstić information content (AvgIpc) is 2.93. The van der Waals surface area contributed by atoms with Crippen molar-refractivity contribution in [3.63, 3.8) is 0 Å². The summed E-state index contributed by atoms with van der Waals surface area (Å²) in [6.07, 6.45) is 1.33. The molecule has 0 radical (unpaired) electrons. The molecule has 6 heteroatoms. The van der Waals surface area contributed by atoms with Crippen molar-refractivity contribution in [3.05, 3.63) is 22.4 Å². The number of nitrogens with zero attached hydrogens (tertiary/aromatic N) is 1. The van der Waals surface area contributed by atoms with E-state index in [1.54, 1.807) is 16.3 Å². The Kier molecular flexibility index (Phi) is 4.93. The lowest BCUT2D eigenvalue weighted by Crippen LogP contribution is -2.41. The first-order chi connectivity index (χ1) is 9.16. The Labute approximate surface area is 116 Å². The monoisotopic (exact) mass is 282 g/mol. The van der Waals surface area contributed by atoms with Crippen molar-refractivity contribution in [3.8, 4) is 0 Å². The summed E-state index contributed by atoms with van der Waals surface area (Å²) in [4.78, 5) is 25.3. The van der Waals surface area contributed by atoms with Crippen LogP contribution in [0.25, 0.3) is 0 Å². The molecule has 0 bridgehead atoms. The zero-order valence-corrected chi connectivity index (χ0v) is 11.5. The van der Waals surface area contributed by atoms with Gasteiger partial charge in [-0.3, -0.25) is 9.59 Å². The van der Waals surface area contributed by atoms with Gasteiger partial charge in [-0.05, 0) is 24.3 Å². The standard InChI is InChI=1S/C13H18N2O3S/c16-11-2-6-15(7-3-11)12(17)1-5-14-13(18)10-4-8-19-9-10/h4,8-9,11,16H,1-3,5-7H2,(H,14,18). The van der Waals surface area contributed by atoms with Crippen molar-refractivity contribution < 1.29 is 14.7 Å². The maximum absolute atomic E-state index is 11.9. The van der Waals surface area contributed by atoms with Gasteiger partial charge in [-0.25, -0.2) is 0 Å². The number of carbonyl (C=O) groups excluding carboxylic acids is 2. The van der Waals surface area contributed by atoms with Crippen LogP contribution in [0, 0.1) is 0 Å². The predicted octanol–water partition coefficient (Wildman–Crippen LogP) is 0.851. The number of rotatable bonds is 4. The first-order valence-electron chi connectivity index (χ1n) is 6.43. The minimum Gasteiger partial charge on any atom is -0.393 e. The molecule has 0 spiro atoms. The highest BCUT2D eigenvalue weighted by atomic mass is 32.1. The fourth-order valence-corrected chi connectivity index (χ4v) is 2.69. The quantitative estimate of drug-likeness (QED) is 0.860. The lowest BCUT2D eigenvalue weighted by Gasteiger charge is -2.29. The minimum absolute atomic E-state index is 0.0394. The molecule has 0 unspecified atom stereocenters. The number of carbonyl (C=O) groups is 2. The van der Waals surface area contributed by atoms with Crippen LogP contribution in [0.4, 0.5) is 0 Å². The Morgan fingerprint density at radius 1 is 1.42 bits per heavy atom. The van der Waals surface area contributed by atoms with E-state index in [4.69, 9.17) is 0 Å². The van der Waals surface area contributed by atoms with Crippen LogP contribution in [0.1, 0.15) is 29.6 Å². The van der Waals surface area contributed by atoms with Crippen LogP contribution in [0.2, 0.25) is 0 Å². The summed E-state index contributed by atoms with van der Waals surface area (Å²) in [5.74, 6) is -0.0966. The third kappa shape index (κ3) is 4.04. The van der Waals surface area contributed by atoms with E-state index in [-0.39, 0.29) is 17.9 Å². The molecule has 1 fully saturated rings. The van der Waals surface area contributed by atoms with Crippen molar-refractivity contribution in [2.24, 2.45) is 0 Å². The number of piperidine rings is 1. The van der Waals surface area contributed by atoms with Crippen molar-refractivity contribution in [1.29, 1.82) is 0 Å². The van der Waals surface area contributed by atoms with E-state index in [1.165, 1.54) is 11.3 Å². The topological polar surface area (TPSA) is 69.6 Å². The first kappa shape index (κ1) is 14.0. The first-order valence-corrected chi connectivity index (χ1v) is 7.37. The van der Waals surface area contributed by atoms with Crippen molar-refractivity contribution in [2.45, 2.75) is 25.4 Å². The van der Waals surface area contributed by atoms with Gasteiger partial charge in [0, 0.05) is 37.0 Å². The summed E-state index contributed by atoms with van der Waals surface area (Å²) in [6, 6.07) is 1.76. The summed E-state index contributed by atoms with van der Waals surface area (Å²) in [5, 5.41) is 15.7. The van der Waals surface area contributed by atoms with Gasteiger partial charge < -0.3 is 15.3 Å². The Morgan fingerprint density at radius 2 is 2.16 bits per heavy atom. The van der Waals surface area contributed by atoms with Gasteiger partial charge in [0.1, 0.15) is 0 Å². The molecule has 2 rings (SSSR count). The van der Waals surface area contributed by atoms with Gasteiger partial charge in [0.2, 0.25) is 5.91 Å². The number of thiophene rings is 1. The van der Waals surface area contributed by atoms with Crippen molar-refractivity contribution >= 4 is 23.2 Å². The minimum atomic E-state index is -0.276. The summed E-state index contributed by atoms with van der Waals surface area (Å²) in [7, 11) is 0.